The molecule has 0 heterocycles. The SMILES string of the molecule is CCOc1cc(C#N)cc(Br)c1OCC(=O)Nc1ccccc1. The highest BCUT2D eigenvalue weighted by Crippen LogP contribution is 2.36. The van der Waals surface area contributed by atoms with Gasteiger partial charge in [0, 0.05) is 11.8 Å². The van der Waals surface area contributed by atoms with Crippen molar-refractivity contribution in [2.24, 2.45) is 0 Å². The Balaban J connectivity index is 2.07. The Hall–Kier alpha value is -2.52. The number of ether oxygens (including phenoxy) is 2. The van der Waals surface area contributed by atoms with Crippen LogP contribution in [0.5, 0.6) is 11.5 Å². The number of para-hydroxylation sites is 1. The van der Waals surface area contributed by atoms with E-state index in [-0.39, 0.29) is 12.5 Å². The molecule has 0 bridgehead atoms. The average Bonchev–Trinajstić information content (AvgIpc) is 2.55. The summed E-state index contributed by atoms with van der Waals surface area (Å²) in [5.41, 5.74) is 1.14. The van der Waals surface area contributed by atoms with Gasteiger partial charge in [-0.05, 0) is 41.1 Å². The van der Waals surface area contributed by atoms with Gasteiger partial charge < -0.3 is 14.8 Å². The van der Waals surface area contributed by atoms with Crippen LogP contribution < -0.4 is 14.8 Å². The zero-order valence-corrected chi connectivity index (χ0v) is 14.1. The first-order valence-electron chi connectivity index (χ1n) is 6.98. The van der Waals surface area contributed by atoms with Crippen molar-refractivity contribution in [2.45, 2.75) is 6.92 Å². The van der Waals surface area contributed by atoms with E-state index in [1.165, 1.54) is 0 Å². The summed E-state index contributed by atoms with van der Waals surface area (Å²) in [6.45, 7) is 2.09. The van der Waals surface area contributed by atoms with Crippen molar-refractivity contribution in [3.63, 3.8) is 0 Å². The number of anilines is 1. The molecule has 0 spiro atoms. The summed E-state index contributed by atoms with van der Waals surface area (Å²) in [6, 6.07) is 14.4. The minimum atomic E-state index is -0.282. The second-order valence-electron chi connectivity index (χ2n) is 4.53. The molecular weight excluding hydrogens is 360 g/mol. The summed E-state index contributed by atoms with van der Waals surface area (Å²) in [7, 11) is 0. The second-order valence-corrected chi connectivity index (χ2v) is 5.39. The molecule has 5 nitrogen and oxygen atoms in total. The molecule has 0 saturated carbocycles. The largest absolute Gasteiger partial charge is 0.490 e. The fraction of sp³-hybridized carbons (Fsp3) is 0.176. The number of halogens is 1. The highest BCUT2D eigenvalue weighted by atomic mass is 79.9. The Morgan fingerprint density at radius 3 is 2.65 bits per heavy atom. The van der Waals surface area contributed by atoms with E-state index in [0.29, 0.717) is 33.8 Å². The molecule has 2 rings (SSSR count). The highest BCUT2D eigenvalue weighted by molar-refractivity contribution is 9.10. The second kappa shape index (κ2) is 8.20. The number of amides is 1. The molecular formula is C17H15BrN2O3. The molecule has 6 heteroatoms. The van der Waals surface area contributed by atoms with Gasteiger partial charge in [-0.3, -0.25) is 4.79 Å². The standard InChI is InChI=1S/C17H15BrN2O3/c1-2-22-15-9-12(10-19)8-14(18)17(15)23-11-16(21)20-13-6-4-3-5-7-13/h3-9H,2,11H2,1H3,(H,20,21). The van der Waals surface area contributed by atoms with Crippen LogP contribution in [-0.4, -0.2) is 19.1 Å². The predicted molar refractivity (Wildman–Crippen MR) is 90.6 cm³/mol. The number of carbonyl (C=O) groups is 1. The predicted octanol–water partition coefficient (Wildman–Crippen LogP) is 3.74. The zero-order valence-electron chi connectivity index (χ0n) is 12.5. The molecule has 0 saturated heterocycles. The van der Waals surface area contributed by atoms with Crippen LogP contribution in [0.3, 0.4) is 0 Å². The van der Waals surface area contributed by atoms with Gasteiger partial charge in [-0.25, -0.2) is 0 Å². The van der Waals surface area contributed by atoms with E-state index in [2.05, 4.69) is 21.2 Å². The maximum absolute atomic E-state index is 11.9. The third-order valence-electron chi connectivity index (χ3n) is 2.84. The molecule has 2 aromatic rings. The third kappa shape index (κ3) is 4.73. The number of nitrogens with one attached hydrogen (secondary N) is 1. The molecule has 0 aliphatic rings. The summed E-state index contributed by atoms with van der Waals surface area (Å²) in [6.07, 6.45) is 0. The van der Waals surface area contributed by atoms with E-state index in [9.17, 15) is 4.79 Å². The maximum Gasteiger partial charge on any atom is 0.262 e. The van der Waals surface area contributed by atoms with Crippen molar-refractivity contribution >= 4 is 27.5 Å². The van der Waals surface area contributed by atoms with E-state index in [4.69, 9.17) is 14.7 Å². The smallest absolute Gasteiger partial charge is 0.262 e. The number of nitrogens with zero attached hydrogens (tertiary/aromatic N) is 1. The van der Waals surface area contributed by atoms with Crippen LogP contribution in [0.15, 0.2) is 46.9 Å². The summed E-state index contributed by atoms with van der Waals surface area (Å²) in [4.78, 5) is 11.9. The Kier molecular flexibility index (Phi) is 6.01. The van der Waals surface area contributed by atoms with E-state index in [0.717, 1.165) is 0 Å². The first kappa shape index (κ1) is 16.8. The lowest BCUT2D eigenvalue weighted by molar-refractivity contribution is -0.118. The van der Waals surface area contributed by atoms with Crippen molar-refractivity contribution in [3.05, 3.63) is 52.5 Å². The Morgan fingerprint density at radius 2 is 2.00 bits per heavy atom. The Labute approximate surface area is 143 Å². The van der Waals surface area contributed by atoms with Gasteiger partial charge in [-0.15, -0.1) is 0 Å². The van der Waals surface area contributed by atoms with E-state index in [1.807, 2.05) is 31.2 Å². The van der Waals surface area contributed by atoms with Crippen LogP contribution >= 0.6 is 15.9 Å². The molecule has 0 atom stereocenters. The number of nitriles is 1. The van der Waals surface area contributed by atoms with Crippen LogP contribution in [-0.2, 0) is 4.79 Å². The van der Waals surface area contributed by atoms with Crippen molar-refractivity contribution in [3.8, 4) is 17.6 Å². The molecule has 0 aromatic heterocycles. The lowest BCUT2D eigenvalue weighted by atomic mass is 10.2. The van der Waals surface area contributed by atoms with Crippen LogP contribution in [0, 0.1) is 11.3 Å². The summed E-state index contributed by atoms with van der Waals surface area (Å²) in [5, 5.41) is 11.7. The molecule has 2 aromatic carbocycles. The van der Waals surface area contributed by atoms with Crippen molar-refractivity contribution in [2.75, 3.05) is 18.5 Å². The van der Waals surface area contributed by atoms with Crippen LogP contribution in [0.1, 0.15) is 12.5 Å². The first-order valence-corrected chi connectivity index (χ1v) is 7.77. The normalized spacial score (nSPS) is 9.78. The van der Waals surface area contributed by atoms with Crippen LogP contribution in [0.25, 0.3) is 0 Å². The van der Waals surface area contributed by atoms with Gasteiger partial charge in [0.2, 0.25) is 0 Å². The lowest BCUT2D eigenvalue weighted by Gasteiger charge is -2.14. The summed E-state index contributed by atoms with van der Waals surface area (Å²) >= 11 is 3.34. The topological polar surface area (TPSA) is 71.3 Å². The van der Waals surface area contributed by atoms with Gasteiger partial charge in [0.05, 0.1) is 22.7 Å². The molecule has 0 aliphatic heterocycles. The first-order chi connectivity index (χ1) is 11.1. The maximum atomic E-state index is 11.9. The van der Waals surface area contributed by atoms with Crippen molar-refractivity contribution < 1.29 is 14.3 Å². The van der Waals surface area contributed by atoms with E-state index < -0.39 is 0 Å². The summed E-state index contributed by atoms with van der Waals surface area (Å²) < 4.78 is 11.6. The molecule has 23 heavy (non-hydrogen) atoms. The fourth-order valence-electron chi connectivity index (χ4n) is 1.89. The quantitative estimate of drug-likeness (QED) is 0.835. The van der Waals surface area contributed by atoms with Gasteiger partial charge in [0.1, 0.15) is 0 Å². The van der Waals surface area contributed by atoms with Crippen LogP contribution in [0.2, 0.25) is 0 Å². The van der Waals surface area contributed by atoms with Crippen LogP contribution in [0.4, 0.5) is 5.69 Å². The Bertz CT molecular complexity index is 727. The van der Waals surface area contributed by atoms with Crippen molar-refractivity contribution in [1.29, 1.82) is 5.26 Å². The van der Waals surface area contributed by atoms with Gasteiger partial charge in [-0.1, -0.05) is 18.2 Å². The molecule has 1 amide bonds. The fourth-order valence-corrected chi connectivity index (χ4v) is 2.45. The number of rotatable bonds is 6. The lowest BCUT2D eigenvalue weighted by Crippen LogP contribution is -2.20. The number of carbonyl (C=O) groups excluding carboxylic acids is 1. The number of hydrogen-bond acceptors (Lipinski definition) is 4. The average molecular weight is 375 g/mol. The highest BCUT2D eigenvalue weighted by Gasteiger charge is 2.14. The molecule has 1 N–H and O–H groups in total. The van der Waals surface area contributed by atoms with E-state index >= 15 is 0 Å². The van der Waals surface area contributed by atoms with Gasteiger partial charge in [0.15, 0.2) is 18.1 Å². The number of hydrogen-bond donors (Lipinski definition) is 1. The van der Waals surface area contributed by atoms with Gasteiger partial charge >= 0.3 is 0 Å². The molecule has 0 unspecified atom stereocenters. The van der Waals surface area contributed by atoms with Crippen molar-refractivity contribution in [1.82, 2.24) is 0 Å². The molecule has 0 aliphatic carbocycles. The number of benzene rings is 2. The molecule has 0 fully saturated rings. The Morgan fingerprint density at radius 1 is 1.26 bits per heavy atom. The third-order valence-corrected chi connectivity index (χ3v) is 3.43. The van der Waals surface area contributed by atoms with Gasteiger partial charge in [-0.2, -0.15) is 5.26 Å². The minimum absolute atomic E-state index is 0.167. The zero-order chi connectivity index (χ0) is 16.7. The molecule has 118 valence electrons. The molecule has 0 radical (unpaired) electrons. The van der Waals surface area contributed by atoms with Gasteiger partial charge in [0.25, 0.3) is 5.91 Å². The van der Waals surface area contributed by atoms with E-state index in [1.54, 1.807) is 24.3 Å². The minimum Gasteiger partial charge on any atom is -0.490 e. The monoisotopic (exact) mass is 374 g/mol. The summed E-state index contributed by atoms with van der Waals surface area (Å²) in [5.74, 6) is 0.537.